The molecule has 0 aliphatic heterocycles. The predicted molar refractivity (Wildman–Crippen MR) is 49.8 cm³/mol. The molecule has 0 radical (unpaired) electrons. The van der Waals surface area contributed by atoms with Crippen LogP contribution in [-0.2, 0) is 25.0 Å². The molecular formula is C5H10O9S2. The number of carboxylic acid groups (broad SMARTS) is 1. The van der Waals surface area contributed by atoms with Gasteiger partial charge in [-0.2, -0.15) is 16.8 Å². The van der Waals surface area contributed by atoms with Crippen LogP contribution in [0.5, 0.6) is 0 Å². The topological polar surface area (TPSA) is 166 Å². The Hall–Kier alpha value is -0.750. The number of aliphatic hydroxyl groups is 1. The molecule has 0 amide bonds. The quantitative estimate of drug-likeness (QED) is 0.429. The van der Waals surface area contributed by atoms with Crippen LogP contribution >= 0.6 is 0 Å². The molecule has 0 saturated heterocycles. The average molecular weight is 278 g/mol. The van der Waals surface area contributed by atoms with E-state index in [0.29, 0.717) is 0 Å². The highest BCUT2D eigenvalue weighted by Crippen LogP contribution is 2.25. The molecule has 1 unspecified atom stereocenters. The van der Waals surface area contributed by atoms with Crippen LogP contribution in [0.2, 0.25) is 0 Å². The van der Waals surface area contributed by atoms with E-state index in [1.54, 1.807) is 0 Å². The highest BCUT2D eigenvalue weighted by Gasteiger charge is 2.56. The van der Waals surface area contributed by atoms with E-state index in [9.17, 15) is 26.7 Å². The van der Waals surface area contributed by atoms with Gasteiger partial charge in [-0.25, -0.2) is 4.79 Å². The second-order valence-corrected chi connectivity index (χ2v) is 6.25. The molecule has 0 aromatic rings. The van der Waals surface area contributed by atoms with Crippen LogP contribution in [0.25, 0.3) is 0 Å². The van der Waals surface area contributed by atoms with Gasteiger partial charge in [0, 0.05) is 0 Å². The third-order valence-electron chi connectivity index (χ3n) is 1.84. The van der Waals surface area contributed by atoms with Gasteiger partial charge < -0.3 is 10.2 Å². The van der Waals surface area contributed by atoms with Gasteiger partial charge in [0.05, 0.1) is 0 Å². The van der Waals surface area contributed by atoms with Gasteiger partial charge in [-0.15, -0.1) is 0 Å². The number of carbonyl (C=O) groups is 1. The van der Waals surface area contributed by atoms with Crippen LogP contribution in [0.1, 0.15) is 13.3 Å². The fraction of sp³-hybridized carbons (Fsp3) is 0.800. The van der Waals surface area contributed by atoms with Gasteiger partial charge in [0.15, 0.2) is 5.60 Å². The molecular weight excluding hydrogens is 268 g/mol. The standard InChI is InChI=1S/C5H10O9S2/c1-2-5(8,3(6)7)4(15(9,10)11)16(12,13)14/h4,8H,2H2,1H3,(H,6,7)(H,9,10,11)(H,12,13,14). The van der Waals surface area contributed by atoms with Crippen LogP contribution in [0.3, 0.4) is 0 Å². The number of aliphatic carboxylic acids is 1. The van der Waals surface area contributed by atoms with Crippen molar-refractivity contribution in [1.82, 2.24) is 0 Å². The van der Waals surface area contributed by atoms with Gasteiger partial charge in [0.1, 0.15) is 0 Å². The van der Waals surface area contributed by atoms with E-state index in [4.69, 9.17) is 14.2 Å². The Labute approximate surface area is 91.2 Å². The molecule has 0 spiro atoms. The van der Waals surface area contributed by atoms with Gasteiger partial charge in [-0.1, -0.05) is 6.92 Å². The summed E-state index contributed by atoms with van der Waals surface area (Å²) in [5.41, 5.74) is -3.33. The van der Waals surface area contributed by atoms with E-state index in [2.05, 4.69) is 0 Å². The molecule has 0 aliphatic rings. The molecule has 0 rings (SSSR count). The second kappa shape index (κ2) is 4.25. The average Bonchev–Trinajstić information content (AvgIpc) is 1.97. The first kappa shape index (κ1) is 15.2. The molecule has 96 valence electrons. The first-order chi connectivity index (χ1) is 6.87. The van der Waals surface area contributed by atoms with Crippen molar-refractivity contribution < 1.29 is 40.9 Å². The fourth-order valence-electron chi connectivity index (χ4n) is 1.07. The van der Waals surface area contributed by atoms with Gasteiger partial charge >= 0.3 is 5.97 Å². The number of carboxylic acids is 1. The summed E-state index contributed by atoms with van der Waals surface area (Å²) in [4.78, 5) is 10.6. The maximum atomic E-state index is 10.7. The Morgan fingerprint density at radius 1 is 1.19 bits per heavy atom. The van der Waals surface area contributed by atoms with Crippen LogP contribution in [0.15, 0.2) is 0 Å². The molecule has 0 bridgehead atoms. The van der Waals surface area contributed by atoms with E-state index in [-0.39, 0.29) is 0 Å². The van der Waals surface area contributed by atoms with Crippen molar-refractivity contribution in [2.75, 3.05) is 0 Å². The summed E-state index contributed by atoms with van der Waals surface area (Å²) >= 11 is 0. The Kier molecular flexibility index (Phi) is 4.05. The van der Waals surface area contributed by atoms with E-state index < -0.39 is 42.8 Å². The smallest absolute Gasteiger partial charge is 0.338 e. The molecule has 0 aromatic carbocycles. The Balaban J connectivity index is 6.02. The van der Waals surface area contributed by atoms with Gasteiger partial charge in [0.2, 0.25) is 0 Å². The summed E-state index contributed by atoms with van der Waals surface area (Å²) in [5, 5.41) is 17.9. The lowest BCUT2D eigenvalue weighted by molar-refractivity contribution is -0.157. The van der Waals surface area contributed by atoms with E-state index in [1.165, 1.54) is 0 Å². The Bertz CT molecular complexity index is 442. The van der Waals surface area contributed by atoms with Crippen molar-refractivity contribution in [3.8, 4) is 0 Å². The van der Waals surface area contributed by atoms with E-state index >= 15 is 0 Å². The summed E-state index contributed by atoms with van der Waals surface area (Å²) in [6.45, 7) is 0.970. The fourth-order valence-corrected chi connectivity index (χ4v) is 3.81. The SMILES string of the molecule is CCC(O)(C(=O)O)C(S(=O)(=O)O)S(=O)(=O)O. The van der Waals surface area contributed by atoms with Crippen molar-refractivity contribution in [3.63, 3.8) is 0 Å². The molecule has 0 aromatic heterocycles. The van der Waals surface area contributed by atoms with Crippen LogP contribution < -0.4 is 0 Å². The van der Waals surface area contributed by atoms with Crippen molar-refractivity contribution in [2.45, 2.75) is 23.5 Å². The van der Waals surface area contributed by atoms with Crippen molar-refractivity contribution >= 4 is 26.2 Å². The highest BCUT2D eigenvalue weighted by molar-refractivity contribution is 8.04. The summed E-state index contributed by atoms with van der Waals surface area (Å²) < 4.78 is 56.5. The Morgan fingerprint density at radius 3 is 1.56 bits per heavy atom. The van der Waals surface area contributed by atoms with Gasteiger partial charge in [-0.3, -0.25) is 9.11 Å². The molecule has 4 N–H and O–H groups in total. The predicted octanol–water partition coefficient (Wildman–Crippen LogP) is -1.69. The third kappa shape index (κ3) is 2.89. The lowest BCUT2D eigenvalue weighted by Gasteiger charge is -2.26. The third-order valence-corrected chi connectivity index (χ3v) is 5.16. The first-order valence-corrected chi connectivity index (χ1v) is 6.76. The number of hydrogen-bond acceptors (Lipinski definition) is 6. The highest BCUT2D eigenvalue weighted by atomic mass is 32.3. The maximum Gasteiger partial charge on any atom is 0.338 e. The first-order valence-electron chi connectivity index (χ1n) is 3.75. The molecule has 0 fully saturated rings. The maximum absolute atomic E-state index is 10.7. The molecule has 0 saturated carbocycles. The summed E-state index contributed by atoms with van der Waals surface area (Å²) in [5.74, 6) is -2.20. The zero-order valence-corrected chi connectivity index (χ0v) is 9.56. The second-order valence-electron chi connectivity index (χ2n) is 2.94. The molecule has 9 nitrogen and oxygen atoms in total. The minimum Gasteiger partial charge on any atom is -0.479 e. The van der Waals surface area contributed by atoms with Crippen molar-refractivity contribution in [2.24, 2.45) is 0 Å². The lowest BCUT2D eigenvalue weighted by atomic mass is 10.0. The summed E-state index contributed by atoms with van der Waals surface area (Å²) in [6, 6.07) is 0. The summed E-state index contributed by atoms with van der Waals surface area (Å²) in [6.07, 6.45) is -0.855. The molecule has 0 heterocycles. The normalized spacial score (nSPS) is 17.1. The van der Waals surface area contributed by atoms with E-state index in [0.717, 1.165) is 6.92 Å². The van der Waals surface area contributed by atoms with Gasteiger partial charge in [-0.05, 0) is 6.42 Å². The minimum atomic E-state index is -5.51. The molecule has 0 aliphatic carbocycles. The summed E-state index contributed by atoms with van der Waals surface area (Å²) in [7, 11) is -11.0. The van der Waals surface area contributed by atoms with E-state index in [1.807, 2.05) is 0 Å². The van der Waals surface area contributed by atoms with Gasteiger partial charge in [0.25, 0.3) is 24.8 Å². The van der Waals surface area contributed by atoms with Crippen molar-refractivity contribution in [1.29, 1.82) is 0 Å². The van der Waals surface area contributed by atoms with Crippen LogP contribution in [-0.4, -0.2) is 52.3 Å². The molecule has 1 atom stereocenters. The monoisotopic (exact) mass is 278 g/mol. The van der Waals surface area contributed by atoms with Crippen molar-refractivity contribution in [3.05, 3.63) is 0 Å². The van der Waals surface area contributed by atoms with Crippen LogP contribution in [0.4, 0.5) is 0 Å². The number of hydrogen-bond donors (Lipinski definition) is 4. The Morgan fingerprint density at radius 2 is 1.50 bits per heavy atom. The molecule has 11 heteroatoms. The minimum absolute atomic E-state index is 0.855. The lowest BCUT2D eigenvalue weighted by Crippen LogP contribution is -2.56. The largest absolute Gasteiger partial charge is 0.479 e. The number of rotatable bonds is 5. The zero-order chi connectivity index (χ0) is 13.4. The van der Waals surface area contributed by atoms with Crippen LogP contribution in [0, 0.1) is 0 Å². The zero-order valence-electron chi connectivity index (χ0n) is 7.93. The molecule has 16 heavy (non-hydrogen) atoms.